The standard InChI is InChI=1S/C12H22O/c1-11-8-4-3-6-10(11)7-5-9-12(11,2)13/h10,13H,3-9H2,1-2H3/t10-,11+,12+/m1/s1. The predicted molar refractivity (Wildman–Crippen MR) is 54.5 cm³/mol. The van der Waals surface area contributed by atoms with Crippen LogP contribution in [0.25, 0.3) is 0 Å². The van der Waals surface area contributed by atoms with Gasteiger partial charge in [0.25, 0.3) is 0 Å². The quantitative estimate of drug-likeness (QED) is 0.610. The Balaban J connectivity index is 2.24. The molecule has 0 radical (unpaired) electrons. The van der Waals surface area contributed by atoms with Gasteiger partial charge in [-0.2, -0.15) is 0 Å². The first kappa shape index (κ1) is 9.51. The first-order valence-electron chi connectivity index (χ1n) is 5.79. The van der Waals surface area contributed by atoms with E-state index in [4.69, 9.17) is 0 Å². The van der Waals surface area contributed by atoms with Crippen molar-refractivity contribution in [2.45, 2.75) is 64.4 Å². The van der Waals surface area contributed by atoms with E-state index in [0.29, 0.717) is 0 Å². The highest BCUT2D eigenvalue weighted by molar-refractivity contribution is 5.02. The van der Waals surface area contributed by atoms with E-state index in [9.17, 15) is 5.11 Å². The van der Waals surface area contributed by atoms with Crippen LogP contribution in [0.5, 0.6) is 0 Å². The zero-order chi connectivity index (χ0) is 9.53. The van der Waals surface area contributed by atoms with Gasteiger partial charge in [0, 0.05) is 0 Å². The molecule has 0 spiro atoms. The number of fused-ring (bicyclic) bond motifs is 1. The van der Waals surface area contributed by atoms with Crippen molar-refractivity contribution in [3.63, 3.8) is 0 Å². The van der Waals surface area contributed by atoms with Crippen LogP contribution in [0.3, 0.4) is 0 Å². The van der Waals surface area contributed by atoms with Gasteiger partial charge in [0.15, 0.2) is 0 Å². The van der Waals surface area contributed by atoms with Crippen LogP contribution in [0.15, 0.2) is 0 Å². The molecule has 0 unspecified atom stereocenters. The summed E-state index contributed by atoms with van der Waals surface area (Å²) in [6.45, 7) is 4.38. The molecule has 0 saturated heterocycles. The van der Waals surface area contributed by atoms with Gasteiger partial charge >= 0.3 is 0 Å². The maximum Gasteiger partial charge on any atom is 0.0675 e. The molecule has 3 atom stereocenters. The second-order valence-corrected chi connectivity index (χ2v) is 5.53. The van der Waals surface area contributed by atoms with Gasteiger partial charge in [0.2, 0.25) is 0 Å². The third-order valence-corrected chi connectivity index (χ3v) is 4.85. The van der Waals surface area contributed by atoms with Crippen LogP contribution >= 0.6 is 0 Å². The number of aliphatic hydroxyl groups is 1. The van der Waals surface area contributed by atoms with Crippen LogP contribution in [-0.4, -0.2) is 10.7 Å². The number of rotatable bonds is 0. The van der Waals surface area contributed by atoms with E-state index >= 15 is 0 Å². The zero-order valence-electron chi connectivity index (χ0n) is 8.97. The fourth-order valence-electron chi connectivity index (χ4n) is 3.56. The average Bonchev–Trinajstić information content (AvgIpc) is 2.06. The minimum atomic E-state index is -0.393. The Kier molecular flexibility index (Phi) is 2.18. The predicted octanol–water partition coefficient (Wildman–Crippen LogP) is 3.12. The van der Waals surface area contributed by atoms with Crippen LogP contribution in [0.4, 0.5) is 0 Å². The molecule has 76 valence electrons. The Morgan fingerprint density at radius 2 is 1.69 bits per heavy atom. The summed E-state index contributed by atoms with van der Waals surface area (Å²) >= 11 is 0. The van der Waals surface area contributed by atoms with Crippen molar-refractivity contribution in [2.75, 3.05) is 0 Å². The van der Waals surface area contributed by atoms with Gasteiger partial charge in [-0.25, -0.2) is 0 Å². The van der Waals surface area contributed by atoms with Crippen molar-refractivity contribution in [3.8, 4) is 0 Å². The third-order valence-electron chi connectivity index (χ3n) is 4.85. The molecule has 0 bridgehead atoms. The van der Waals surface area contributed by atoms with Crippen LogP contribution in [0.1, 0.15) is 58.8 Å². The Hall–Kier alpha value is -0.0400. The molecule has 2 aliphatic carbocycles. The first-order valence-corrected chi connectivity index (χ1v) is 5.79. The summed E-state index contributed by atoms with van der Waals surface area (Å²) in [6, 6.07) is 0. The Morgan fingerprint density at radius 3 is 2.38 bits per heavy atom. The van der Waals surface area contributed by atoms with Crippen LogP contribution in [0, 0.1) is 11.3 Å². The van der Waals surface area contributed by atoms with Crippen molar-refractivity contribution in [1.82, 2.24) is 0 Å². The molecular weight excluding hydrogens is 160 g/mol. The van der Waals surface area contributed by atoms with Crippen molar-refractivity contribution in [3.05, 3.63) is 0 Å². The molecular formula is C12H22O. The normalized spacial score (nSPS) is 51.5. The monoisotopic (exact) mass is 182 g/mol. The molecule has 13 heavy (non-hydrogen) atoms. The fraction of sp³-hybridized carbons (Fsp3) is 1.00. The Morgan fingerprint density at radius 1 is 1.00 bits per heavy atom. The second kappa shape index (κ2) is 2.98. The van der Waals surface area contributed by atoms with Crippen molar-refractivity contribution in [1.29, 1.82) is 0 Å². The van der Waals surface area contributed by atoms with Gasteiger partial charge in [-0.1, -0.05) is 26.2 Å². The van der Waals surface area contributed by atoms with Crippen molar-refractivity contribution < 1.29 is 5.11 Å². The number of hydrogen-bond acceptors (Lipinski definition) is 1. The molecule has 0 aromatic heterocycles. The van der Waals surface area contributed by atoms with E-state index < -0.39 is 5.60 Å². The lowest BCUT2D eigenvalue weighted by atomic mass is 9.54. The molecule has 1 N–H and O–H groups in total. The Labute approximate surface area is 81.5 Å². The summed E-state index contributed by atoms with van der Waals surface area (Å²) in [4.78, 5) is 0. The summed E-state index contributed by atoms with van der Waals surface area (Å²) in [5.74, 6) is 0.796. The molecule has 2 fully saturated rings. The van der Waals surface area contributed by atoms with E-state index in [1.807, 2.05) is 0 Å². The van der Waals surface area contributed by atoms with Crippen molar-refractivity contribution >= 4 is 0 Å². The van der Waals surface area contributed by atoms with Gasteiger partial charge in [-0.05, 0) is 43.9 Å². The van der Waals surface area contributed by atoms with Gasteiger partial charge in [-0.15, -0.1) is 0 Å². The molecule has 0 aromatic carbocycles. The minimum Gasteiger partial charge on any atom is -0.390 e. The smallest absolute Gasteiger partial charge is 0.0675 e. The lowest BCUT2D eigenvalue weighted by Crippen LogP contribution is -2.52. The summed E-state index contributed by atoms with van der Waals surface area (Å²) in [5.41, 5.74) is -0.167. The Bertz CT molecular complexity index is 195. The highest BCUT2D eigenvalue weighted by Crippen LogP contribution is 2.54. The van der Waals surface area contributed by atoms with Gasteiger partial charge in [0.05, 0.1) is 5.60 Å². The van der Waals surface area contributed by atoms with Crippen LogP contribution in [-0.2, 0) is 0 Å². The first-order chi connectivity index (χ1) is 6.06. The summed E-state index contributed by atoms with van der Waals surface area (Å²) in [5, 5.41) is 10.4. The number of hydrogen-bond donors (Lipinski definition) is 1. The molecule has 2 saturated carbocycles. The van der Waals surface area contributed by atoms with E-state index in [1.165, 1.54) is 38.5 Å². The van der Waals surface area contributed by atoms with Gasteiger partial charge in [0.1, 0.15) is 0 Å². The van der Waals surface area contributed by atoms with Crippen LogP contribution in [0.2, 0.25) is 0 Å². The third kappa shape index (κ3) is 1.32. The van der Waals surface area contributed by atoms with E-state index in [0.717, 1.165) is 12.3 Å². The highest BCUT2D eigenvalue weighted by Gasteiger charge is 2.51. The minimum absolute atomic E-state index is 0.226. The lowest BCUT2D eigenvalue weighted by Gasteiger charge is -2.54. The molecule has 0 heterocycles. The molecule has 2 aliphatic rings. The molecule has 0 aliphatic heterocycles. The second-order valence-electron chi connectivity index (χ2n) is 5.53. The summed E-state index contributed by atoms with van der Waals surface area (Å²) < 4.78 is 0. The largest absolute Gasteiger partial charge is 0.390 e. The maximum absolute atomic E-state index is 10.4. The van der Waals surface area contributed by atoms with Gasteiger partial charge < -0.3 is 5.11 Å². The van der Waals surface area contributed by atoms with Crippen LogP contribution < -0.4 is 0 Å². The van der Waals surface area contributed by atoms with E-state index in [1.54, 1.807) is 0 Å². The van der Waals surface area contributed by atoms with E-state index in [-0.39, 0.29) is 5.41 Å². The molecule has 0 aromatic rings. The average molecular weight is 182 g/mol. The lowest BCUT2D eigenvalue weighted by molar-refractivity contribution is -0.140. The molecule has 0 amide bonds. The summed E-state index contributed by atoms with van der Waals surface area (Å²) in [7, 11) is 0. The summed E-state index contributed by atoms with van der Waals surface area (Å²) in [6.07, 6.45) is 8.90. The molecule has 1 nitrogen and oxygen atoms in total. The van der Waals surface area contributed by atoms with E-state index in [2.05, 4.69) is 13.8 Å². The molecule has 2 rings (SSSR count). The fourth-order valence-corrected chi connectivity index (χ4v) is 3.56. The highest BCUT2D eigenvalue weighted by atomic mass is 16.3. The SMILES string of the molecule is C[C@]1(O)CCC[C@H]2CCCC[C@@]21C. The van der Waals surface area contributed by atoms with Crippen molar-refractivity contribution in [2.24, 2.45) is 11.3 Å². The molecule has 1 heteroatoms. The topological polar surface area (TPSA) is 20.2 Å². The van der Waals surface area contributed by atoms with Gasteiger partial charge in [-0.3, -0.25) is 0 Å². The zero-order valence-corrected chi connectivity index (χ0v) is 8.97. The maximum atomic E-state index is 10.4.